The van der Waals surface area contributed by atoms with Crippen LogP contribution in [-0.2, 0) is 11.2 Å². The zero-order valence-corrected chi connectivity index (χ0v) is 11.0. The van der Waals surface area contributed by atoms with Crippen LogP contribution in [0.2, 0.25) is 0 Å². The number of aromatic hydroxyl groups is 1. The maximum atomic E-state index is 11.3. The number of phenols is 1. The molecule has 2 rings (SSSR count). The summed E-state index contributed by atoms with van der Waals surface area (Å²) >= 11 is 0. The minimum atomic E-state index is -0.243. The summed E-state index contributed by atoms with van der Waals surface area (Å²) in [6.45, 7) is 2.63. The van der Waals surface area contributed by atoms with E-state index in [9.17, 15) is 9.90 Å². The van der Waals surface area contributed by atoms with Crippen LogP contribution < -0.4 is 20.7 Å². The van der Waals surface area contributed by atoms with Gasteiger partial charge in [-0.25, -0.2) is 0 Å². The summed E-state index contributed by atoms with van der Waals surface area (Å²) < 4.78 is 5.41. The third kappa shape index (κ3) is 3.36. The Bertz CT molecular complexity index is 463. The van der Waals surface area contributed by atoms with Crippen molar-refractivity contribution in [2.24, 2.45) is 0 Å². The van der Waals surface area contributed by atoms with Gasteiger partial charge in [0.1, 0.15) is 11.4 Å². The van der Waals surface area contributed by atoms with Crippen LogP contribution in [0.5, 0.6) is 11.5 Å². The Hall–Kier alpha value is -1.79. The van der Waals surface area contributed by atoms with Crippen LogP contribution in [0.4, 0.5) is 5.69 Å². The van der Waals surface area contributed by atoms with E-state index in [4.69, 9.17) is 4.74 Å². The Morgan fingerprint density at radius 1 is 1.37 bits per heavy atom. The van der Waals surface area contributed by atoms with E-state index in [1.54, 1.807) is 6.07 Å². The van der Waals surface area contributed by atoms with E-state index in [1.165, 1.54) is 0 Å². The van der Waals surface area contributed by atoms with Crippen molar-refractivity contribution in [1.29, 1.82) is 0 Å². The van der Waals surface area contributed by atoms with Gasteiger partial charge in [0, 0.05) is 13.1 Å². The number of carbonyl (C=O) groups is 1. The summed E-state index contributed by atoms with van der Waals surface area (Å²) in [5.41, 5.74) is 1.36. The van der Waals surface area contributed by atoms with Gasteiger partial charge in [0.05, 0.1) is 0 Å². The van der Waals surface area contributed by atoms with Gasteiger partial charge in [-0.15, -0.1) is 0 Å². The third-order valence-electron chi connectivity index (χ3n) is 2.95. The minimum Gasteiger partial charge on any atom is -0.506 e. The molecule has 0 bridgehead atoms. The lowest BCUT2D eigenvalue weighted by Crippen LogP contribution is -2.28. The lowest BCUT2D eigenvalue weighted by Gasteiger charge is -2.21. The molecule has 104 valence electrons. The van der Waals surface area contributed by atoms with E-state index in [0.29, 0.717) is 11.4 Å². The smallest absolute Gasteiger partial charge is 0.262 e. The Labute approximate surface area is 112 Å². The monoisotopic (exact) mass is 265 g/mol. The van der Waals surface area contributed by atoms with Crippen molar-refractivity contribution in [2.45, 2.75) is 6.42 Å². The first kappa shape index (κ1) is 13.6. The number of benzene rings is 1. The van der Waals surface area contributed by atoms with E-state index in [-0.39, 0.29) is 18.3 Å². The second kappa shape index (κ2) is 6.40. The zero-order chi connectivity index (χ0) is 13.7. The molecule has 19 heavy (non-hydrogen) atoms. The Morgan fingerprint density at radius 2 is 2.21 bits per heavy atom. The summed E-state index contributed by atoms with van der Waals surface area (Å²) in [5.74, 6) is 0.372. The second-order valence-electron chi connectivity index (χ2n) is 4.39. The highest BCUT2D eigenvalue weighted by molar-refractivity contribution is 5.97. The van der Waals surface area contributed by atoms with Gasteiger partial charge in [-0.1, -0.05) is 6.07 Å². The van der Waals surface area contributed by atoms with E-state index in [1.807, 2.05) is 13.1 Å². The molecule has 0 saturated heterocycles. The predicted octanol–water partition coefficient (Wildman–Crippen LogP) is 0.0746. The second-order valence-corrected chi connectivity index (χ2v) is 4.39. The number of likely N-dealkylation sites (N-methyl/N-ethyl adjacent to an activating group) is 1. The predicted molar refractivity (Wildman–Crippen MR) is 72.7 cm³/mol. The third-order valence-corrected chi connectivity index (χ3v) is 2.95. The van der Waals surface area contributed by atoms with Gasteiger partial charge in [0.15, 0.2) is 12.4 Å². The van der Waals surface area contributed by atoms with Crippen molar-refractivity contribution in [1.82, 2.24) is 10.6 Å². The van der Waals surface area contributed by atoms with Crippen LogP contribution in [0.25, 0.3) is 0 Å². The van der Waals surface area contributed by atoms with Crippen LogP contribution in [0.15, 0.2) is 12.1 Å². The van der Waals surface area contributed by atoms with E-state index >= 15 is 0 Å². The molecule has 6 nitrogen and oxygen atoms in total. The van der Waals surface area contributed by atoms with Gasteiger partial charge in [0.25, 0.3) is 5.91 Å². The molecule has 0 saturated carbocycles. The zero-order valence-electron chi connectivity index (χ0n) is 11.0. The number of carbonyl (C=O) groups excluding carboxylic acids is 1. The summed E-state index contributed by atoms with van der Waals surface area (Å²) in [6.07, 6.45) is 0.780. The molecule has 0 radical (unpaired) electrons. The molecule has 4 N–H and O–H groups in total. The highest BCUT2D eigenvalue weighted by atomic mass is 16.5. The Balaban J connectivity index is 2.01. The van der Waals surface area contributed by atoms with Gasteiger partial charge < -0.3 is 25.8 Å². The summed E-state index contributed by atoms with van der Waals surface area (Å²) in [5, 5.41) is 18.7. The number of fused-ring (bicyclic) bond motifs is 1. The van der Waals surface area contributed by atoms with Gasteiger partial charge in [-0.05, 0) is 31.6 Å². The molecule has 1 amide bonds. The van der Waals surface area contributed by atoms with E-state index in [0.717, 1.165) is 31.6 Å². The first-order valence-corrected chi connectivity index (χ1v) is 6.35. The normalized spacial score (nSPS) is 13.6. The van der Waals surface area contributed by atoms with E-state index < -0.39 is 0 Å². The number of nitrogens with one attached hydrogen (secondary N) is 3. The van der Waals surface area contributed by atoms with Gasteiger partial charge in [-0.3, -0.25) is 4.79 Å². The molecule has 1 aromatic rings. The largest absolute Gasteiger partial charge is 0.506 e. The number of rotatable bonds is 6. The average Bonchev–Trinajstić information content (AvgIpc) is 2.41. The first-order valence-electron chi connectivity index (χ1n) is 6.35. The molecule has 0 unspecified atom stereocenters. The summed E-state index contributed by atoms with van der Waals surface area (Å²) in [4.78, 5) is 11.3. The van der Waals surface area contributed by atoms with Crippen LogP contribution in [0.3, 0.4) is 0 Å². The molecule has 1 heterocycles. The van der Waals surface area contributed by atoms with Crippen molar-refractivity contribution in [3.63, 3.8) is 0 Å². The van der Waals surface area contributed by atoms with Crippen molar-refractivity contribution in [3.8, 4) is 11.5 Å². The maximum Gasteiger partial charge on any atom is 0.262 e. The number of phenolic OH excluding ortho intramolecular Hbond substituents is 1. The van der Waals surface area contributed by atoms with Crippen LogP contribution in [0, 0.1) is 0 Å². The van der Waals surface area contributed by atoms with Crippen molar-refractivity contribution < 1.29 is 14.6 Å². The molecule has 0 aliphatic carbocycles. The SMILES string of the molecule is CNCCNCCc1ccc(O)c2c1OCC(=O)N2. The molecule has 0 atom stereocenters. The Kier molecular flexibility index (Phi) is 4.59. The number of ether oxygens (including phenoxy) is 1. The molecule has 6 heteroatoms. The van der Waals surface area contributed by atoms with Crippen molar-refractivity contribution >= 4 is 11.6 Å². The fraction of sp³-hybridized carbons (Fsp3) is 0.462. The number of hydrogen-bond donors (Lipinski definition) is 4. The minimum absolute atomic E-state index is 0.00334. The van der Waals surface area contributed by atoms with Crippen LogP contribution >= 0.6 is 0 Å². The molecular weight excluding hydrogens is 246 g/mol. The van der Waals surface area contributed by atoms with Crippen molar-refractivity contribution in [2.75, 3.05) is 38.6 Å². The molecule has 0 spiro atoms. The van der Waals surface area contributed by atoms with Crippen LogP contribution in [-0.4, -0.2) is 44.3 Å². The van der Waals surface area contributed by atoms with Gasteiger partial charge >= 0.3 is 0 Å². The highest BCUT2D eigenvalue weighted by Crippen LogP contribution is 2.39. The summed E-state index contributed by atoms with van der Waals surface area (Å²) in [6, 6.07) is 3.40. The topological polar surface area (TPSA) is 82.6 Å². The number of anilines is 1. The lowest BCUT2D eigenvalue weighted by molar-refractivity contribution is -0.118. The standard InChI is InChI=1S/C13H19N3O3/c1-14-6-7-15-5-4-9-2-3-10(17)12-13(9)19-8-11(18)16-12/h2-3,14-15,17H,4-8H2,1H3,(H,16,18). The molecular formula is C13H19N3O3. The van der Waals surface area contributed by atoms with Crippen LogP contribution in [0.1, 0.15) is 5.56 Å². The average molecular weight is 265 g/mol. The molecule has 1 aliphatic heterocycles. The molecule has 1 aromatic carbocycles. The summed E-state index contributed by atoms with van der Waals surface area (Å²) in [7, 11) is 1.91. The highest BCUT2D eigenvalue weighted by Gasteiger charge is 2.22. The maximum absolute atomic E-state index is 11.3. The number of amides is 1. The molecule has 1 aliphatic rings. The molecule has 0 aromatic heterocycles. The number of hydrogen-bond acceptors (Lipinski definition) is 5. The van der Waals surface area contributed by atoms with Gasteiger partial charge in [0.2, 0.25) is 0 Å². The Morgan fingerprint density at radius 3 is 3.00 bits per heavy atom. The van der Waals surface area contributed by atoms with E-state index in [2.05, 4.69) is 16.0 Å². The lowest BCUT2D eigenvalue weighted by atomic mass is 10.1. The first-order chi connectivity index (χ1) is 9.22. The van der Waals surface area contributed by atoms with Gasteiger partial charge in [-0.2, -0.15) is 0 Å². The van der Waals surface area contributed by atoms with Crippen molar-refractivity contribution in [3.05, 3.63) is 17.7 Å². The fourth-order valence-electron chi connectivity index (χ4n) is 1.97. The molecule has 0 fully saturated rings. The quantitative estimate of drug-likeness (QED) is 0.432. The fourth-order valence-corrected chi connectivity index (χ4v) is 1.97.